The van der Waals surface area contributed by atoms with Crippen LogP contribution in [0, 0.1) is 5.92 Å². The van der Waals surface area contributed by atoms with Crippen molar-refractivity contribution >= 4 is 5.91 Å². The molecule has 6 nitrogen and oxygen atoms in total. The Morgan fingerprint density at radius 2 is 1.91 bits per heavy atom. The van der Waals surface area contributed by atoms with Gasteiger partial charge < -0.3 is 14.6 Å². The first-order valence-corrected chi connectivity index (χ1v) is 8.42. The Morgan fingerprint density at radius 1 is 1.18 bits per heavy atom. The maximum absolute atomic E-state index is 11.5. The summed E-state index contributed by atoms with van der Waals surface area (Å²) in [7, 11) is 0. The highest BCUT2D eigenvalue weighted by Gasteiger charge is 2.31. The maximum Gasteiger partial charge on any atom is 0.249 e. The summed E-state index contributed by atoms with van der Waals surface area (Å²) < 4.78 is 10.9. The average molecular weight is 307 g/mol. The number of amides is 1. The fourth-order valence-corrected chi connectivity index (χ4v) is 3.55. The molecule has 6 heteroatoms. The van der Waals surface area contributed by atoms with Crippen LogP contribution in [0.2, 0.25) is 0 Å². The number of carbonyl (C=O) groups is 1. The van der Waals surface area contributed by atoms with Gasteiger partial charge in [-0.1, -0.05) is 24.4 Å². The van der Waals surface area contributed by atoms with E-state index < -0.39 is 0 Å². The molecule has 2 heterocycles. The van der Waals surface area contributed by atoms with E-state index in [9.17, 15) is 4.79 Å². The van der Waals surface area contributed by atoms with Crippen molar-refractivity contribution in [2.45, 2.75) is 63.8 Å². The second-order valence-corrected chi connectivity index (χ2v) is 6.45. The molecule has 1 saturated carbocycles. The first-order valence-electron chi connectivity index (χ1n) is 8.42. The van der Waals surface area contributed by atoms with Gasteiger partial charge in [-0.05, 0) is 31.6 Å². The number of aromatic nitrogens is 2. The Labute approximate surface area is 131 Å². The lowest BCUT2D eigenvalue weighted by Crippen LogP contribution is -2.35. The minimum atomic E-state index is -0.189. The van der Waals surface area contributed by atoms with Gasteiger partial charge in [-0.15, -0.1) is 0 Å². The van der Waals surface area contributed by atoms with Crippen LogP contribution in [0.25, 0.3) is 0 Å². The molecule has 1 aliphatic heterocycles. The zero-order chi connectivity index (χ0) is 15.4. The van der Waals surface area contributed by atoms with Gasteiger partial charge in [-0.3, -0.25) is 4.79 Å². The predicted octanol–water partition coefficient (Wildman–Crippen LogP) is 2.72. The topological polar surface area (TPSA) is 77.3 Å². The van der Waals surface area contributed by atoms with Crippen molar-refractivity contribution in [3.8, 4) is 0 Å². The van der Waals surface area contributed by atoms with Crippen LogP contribution in [0.15, 0.2) is 4.52 Å². The van der Waals surface area contributed by atoms with Gasteiger partial charge in [0.1, 0.15) is 6.04 Å². The summed E-state index contributed by atoms with van der Waals surface area (Å²) in [6.45, 7) is 2.99. The molecule has 1 aromatic heterocycles. The smallest absolute Gasteiger partial charge is 0.249 e. The van der Waals surface area contributed by atoms with Crippen molar-refractivity contribution in [2.75, 3.05) is 13.2 Å². The molecule has 1 N–H and O–H groups in total. The summed E-state index contributed by atoms with van der Waals surface area (Å²) in [6.07, 6.45) is 7.88. The molecular weight excluding hydrogens is 282 g/mol. The zero-order valence-corrected chi connectivity index (χ0v) is 13.2. The van der Waals surface area contributed by atoms with Gasteiger partial charge in [0.15, 0.2) is 5.82 Å². The number of nitrogens with one attached hydrogen (secondary N) is 1. The van der Waals surface area contributed by atoms with Gasteiger partial charge in [0.05, 0.1) is 0 Å². The minimum absolute atomic E-state index is 0.0612. The maximum atomic E-state index is 11.5. The predicted molar refractivity (Wildman–Crippen MR) is 80.2 cm³/mol. The molecule has 1 atom stereocenters. The number of rotatable bonds is 4. The molecular formula is C16H25N3O3. The summed E-state index contributed by atoms with van der Waals surface area (Å²) in [6, 6.07) is -0.189. The van der Waals surface area contributed by atoms with E-state index in [0.29, 0.717) is 17.7 Å². The Balaban J connectivity index is 1.75. The number of ether oxygens (including phenoxy) is 1. The Hall–Kier alpha value is -1.43. The zero-order valence-electron chi connectivity index (χ0n) is 13.2. The number of hydrogen-bond acceptors (Lipinski definition) is 5. The van der Waals surface area contributed by atoms with E-state index in [2.05, 4.69) is 15.5 Å². The van der Waals surface area contributed by atoms with E-state index in [-0.39, 0.29) is 11.9 Å². The molecule has 0 aromatic carbocycles. The molecule has 0 bridgehead atoms. The summed E-state index contributed by atoms with van der Waals surface area (Å²) in [4.78, 5) is 16.2. The van der Waals surface area contributed by atoms with Gasteiger partial charge in [-0.2, -0.15) is 4.98 Å². The van der Waals surface area contributed by atoms with E-state index in [1.165, 1.54) is 26.2 Å². The Kier molecular flexibility index (Phi) is 5.08. The van der Waals surface area contributed by atoms with Gasteiger partial charge in [0.25, 0.3) is 0 Å². The molecule has 2 fully saturated rings. The summed E-state index contributed by atoms with van der Waals surface area (Å²) in [5, 5.41) is 7.19. The quantitative estimate of drug-likeness (QED) is 0.925. The molecule has 2 aliphatic rings. The van der Waals surface area contributed by atoms with Crippen LogP contribution in [0.3, 0.4) is 0 Å². The van der Waals surface area contributed by atoms with Crippen molar-refractivity contribution in [1.29, 1.82) is 0 Å². The van der Waals surface area contributed by atoms with Crippen molar-refractivity contribution in [1.82, 2.24) is 15.5 Å². The lowest BCUT2D eigenvalue weighted by molar-refractivity contribution is -0.120. The Bertz CT molecular complexity index is 491. The first-order chi connectivity index (χ1) is 10.7. The second-order valence-electron chi connectivity index (χ2n) is 6.45. The third-order valence-corrected chi connectivity index (χ3v) is 4.79. The van der Waals surface area contributed by atoms with Crippen LogP contribution in [0.5, 0.6) is 0 Å². The number of nitrogens with zero attached hydrogens (tertiary/aromatic N) is 2. The van der Waals surface area contributed by atoms with Crippen LogP contribution in [-0.4, -0.2) is 29.3 Å². The van der Waals surface area contributed by atoms with E-state index in [1.807, 2.05) is 0 Å². The summed E-state index contributed by atoms with van der Waals surface area (Å²) >= 11 is 0. The van der Waals surface area contributed by atoms with Gasteiger partial charge >= 0.3 is 0 Å². The van der Waals surface area contributed by atoms with Crippen LogP contribution >= 0.6 is 0 Å². The van der Waals surface area contributed by atoms with Crippen molar-refractivity contribution in [3.05, 3.63) is 11.7 Å². The molecule has 3 rings (SSSR count). The highest BCUT2D eigenvalue weighted by atomic mass is 16.5. The van der Waals surface area contributed by atoms with Crippen LogP contribution in [0.1, 0.15) is 75.5 Å². The largest absolute Gasteiger partial charge is 0.381 e. The van der Waals surface area contributed by atoms with Crippen molar-refractivity contribution in [2.24, 2.45) is 5.92 Å². The fraction of sp³-hybridized carbons (Fsp3) is 0.812. The van der Waals surface area contributed by atoms with Gasteiger partial charge in [0, 0.05) is 26.1 Å². The lowest BCUT2D eigenvalue weighted by atomic mass is 9.88. The molecule has 0 unspecified atom stereocenters. The molecule has 122 valence electrons. The summed E-state index contributed by atoms with van der Waals surface area (Å²) in [5.74, 6) is 2.03. The summed E-state index contributed by atoms with van der Waals surface area (Å²) in [5.41, 5.74) is 0. The third-order valence-electron chi connectivity index (χ3n) is 4.79. The number of hydrogen-bond donors (Lipinski definition) is 1. The Morgan fingerprint density at radius 3 is 2.59 bits per heavy atom. The monoisotopic (exact) mass is 307 g/mol. The van der Waals surface area contributed by atoms with Crippen molar-refractivity contribution in [3.63, 3.8) is 0 Å². The molecule has 1 aliphatic carbocycles. The first kappa shape index (κ1) is 15.5. The highest BCUT2D eigenvalue weighted by Crippen LogP contribution is 2.33. The second kappa shape index (κ2) is 7.22. The molecule has 1 amide bonds. The standard InChI is InChI=1S/C16H25N3O3/c1-11(20)17-14(12-7-9-21-10-8-12)16-18-15(19-22-16)13-5-3-2-4-6-13/h12-14H,2-10H2,1H3,(H,17,20)/t14-/m0/s1. The van der Waals surface area contributed by atoms with E-state index in [4.69, 9.17) is 9.26 Å². The van der Waals surface area contributed by atoms with Crippen molar-refractivity contribution < 1.29 is 14.1 Å². The molecule has 22 heavy (non-hydrogen) atoms. The molecule has 0 radical (unpaired) electrons. The van der Waals surface area contributed by atoms with Gasteiger partial charge in [0.2, 0.25) is 11.8 Å². The molecule has 1 aromatic rings. The highest BCUT2D eigenvalue weighted by molar-refractivity contribution is 5.73. The molecule has 0 spiro atoms. The van der Waals surface area contributed by atoms with E-state index in [1.54, 1.807) is 0 Å². The van der Waals surface area contributed by atoms with Crippen LogP contribution in [-0.2, 0) is 9.53 Å². The molecule has 1 saturated heterocycles. The average Bonchev–Trinajstić information content (AvgIpc) is 3.04. The SMILES string of the molecule is CC(=O)N[C@H](c1nc(C2CCCCC2)no1)C1CCOCC1. The van der Waals surface area contributed by atoms with Crippen LogP contribution in [0.4, 0.5) is 0 Å². The lowest BCUT2D eigenvalue weighted by Gasteiger charge is -2.28. The van der Waals surface area contributed by atoms with E-state index in [0.717, 1.165) is 44.7 Å². The van der Waals surface area contributed by atoms with E-state index >= 15 is 0 Å². The van der Waals surface area contributed by atoms with Crippen LogP contribution < -0.4 is 5.32 Å². The number of carbonyl (C=O) groups excluding carboxylic acids is 1. The third kappa shape index (κ3) is 3.66. The normalized spacial score (nSPS) is 22.4. The fourth-order valence-electron chi connectivity index (χ4n) is 3.55. The minimum Gasteiger partial charge on any atom is -0.381 e. The van der Waals surface area contributed by atoms with Gasteiger partial charge in [-0.25, -0.2) is 0 Å².